The number of amides is 1. The van der Waals surface area contributed by atoms with Gasteiger partial charge in [-0.15, -0.1) is 0 Å². The van der Waals surface area contributed by atoms with E-state index in [0.29, 0.717) is 34.6 Å². The fourth-order valence-corrected chi connectivity index (χ4v) is 3.63. The van der Waals surface area contributed by atoms with Crippen molar-refractivity contribution in [2.24, 2.45) is 0 Å². The molecular formula is C25H26N4O3. The summed E-state index contributed by atoms with van der Waals surface area (Å²) in [6.07, 6.45) is 1.71. The Hall–Kier alpha value is -3.87. The highest BCUT2D eigenvalue weighted by Gasteiger charge is 2.19. The second kappa shape index (κ2) is 9.09. The van der Waals surface area contributed by atoms with Crippen molar-refractivity contribution in [3.8, 4) is 22.8 Å². The second-order valence-electron chi connectivity index (χ2n) is 7.70. The summed E-state index contributed by atoms with van der Waals surface area (Å²) in [4.78, 5) is 18.1. The zero-order valence-electron chi connectivity index (χ0n) is 18.6. The molecule has 0 saturated heterocycles. The molecule has 164 valence electrons. The minimum Gasteiger partial charge on any atom is -0.497 e. The number of benzene rings is 2. The molecule has 0 saturated carbocycles. The molecule has 0 aliphatic heterocycles. The van der Waals surface area contributed by atoms with Crippen LogP contribution in [0, 0.1) is 0 Å². The molecule has 2 aromatic carbocycles. The van der Waals surface area contributed by atoms with Crippen LogP contribution in [0.15, 0.2) is 60.8 Å². The van der Waals surface area contributed by atoms with Gasteiger partial charge in [0.05, 0.1) is 37.1 Å². The number of pyridine rings is 1. The van der Waals surface area contributed by atoms with Gasteiger partial charge in [-0.1, -0.05) is 30.3 Å². The Morgan fingerprint density at radius 1 is 1.06 bits per heavy atom. The van der Waals surface area contributed by atoms with Crippen LogP contribution in [0.4, 0.5) is 0 Å². The Bertz CT molecular complexity index is 1250. The van der Waals surface area contributed by atoms with Gasteiger partial charge in [0.25, 0.3) is 5.91 Å². The number of fused-ring (bicyclic) bond motifs is 1. The molecular weight excluding hydrogens is 404 g/mol. The molecule has 0 unspecified atom stereocenters. The number of nitrogens with one attached hydrogen (secondary N) is 1. The van der Waals surface area contributed by atoms with Crippen LogP contribution < -0.4 is 14.8 Å². The summed E-state index contributed by atoms with van der Waals surface area (Å²) in [5, 5.41) is 8.21. The van der Waals surface area contributed by atoms with Gasteiger partial charge in [0.15, 0.2) is 5.65 Å². The van der Waals surface area contributed by atoms with E-state index < -0.39 is 0 Å². The van der Waals surface area contributed by atoms with Crippen molar-refractivity contribution >= 4 is 16.9 Å². The lowest BCUT2D eigenvalue weighted by Crippen LogP contribution is -2.23. The predicted molar refractivity (Wildman–Crippen MR) is 124 cm³/mol. The molecule has 0 bridgehead atoms. The van der Waals surface area contributed by atoms with Gasteiger partial charge in [-0.3, -0.25) is 4.79 Å². The zero-order chi connectivity index (χ0) is 22.7. The molecule has 0 aliphatic rings. The average Bonchev–Trinajstić information content (AvgIpc) is 3.26. The van der Waals surface area contributed by atoms with Gasteiger partial charge < -0.3 is 14.8 Å². The van der Waals surface area contributed by atoms with Crippen LogP contribution in [-0.4, -0.2) is 34.9 Å². The van der Waals surface area contributed by atoms with Crippen LogP contribution in [0.1, 0.15) is 35.8 Å². The lowest BCUT2D eigenvalue weighted by molar-refractivity contribution is 0.0952. The molecule has 7 nitrogen and oxygen atoms in total. The Morgan fingerprint density at radius 3 is 2.53 bits per heavy atom. The number of carbonyl (C=O) groups is 1. The quantitative estimate of drug-likeness (QED) is 0.463. The van der Waals surface area contributed by atoms with E-state index in [4.69, 9.17) is 14.5 Å². The number of aromatic nitrogens is 3. The molecule has 1 N–H and O–H groups in total. The van der Waals surface area contributed by atoms with Gasteiger partial charge in [-0.2, -0.15) is 5.10 Å². The number of hydrogen-bond acceptors (Lipinski definition) is 5. The molecule has 4 rings (SSSR count). The molecule has 0 atom stereocenters. The second-order valence-corrected chi connectivity index (χ2v) is 7.70. The third kappa shape index (κ3) is 4.14. The van der Waals surface area contributed by atoms with Crippen LogP contribution in [0.5, 0.6) is 11.5 Å². The summed E-state index contributed by atoms with van der Waals surface area (Å²) in [5.41, 5.74) is 3.71. The van der Waals surface area contributed by atoms with Gasteiger partial charge in [-0.05, 0) is 38.1 Å². The molecule has 0 radical (unpaired) electrons. The monoisotopic (exact) mass is 430 g/mol. The first kappa shape index (κ1) is 21.4. The van der Waals surface area contributed by atoms with Crippen molar-refractivity contribution in [3.05, 3.63) is 71.9 Å². The highest BCUT2D eigenvalue weighted by atomic mass is 16.5. The lowest BCUT2D eigenvalue weighted by atomic mass is 10.1. The van der Waals surface area contributed by atoms with Gasteiger partial charge in [0.1, 0.15) is 11.5 Å². The van der Waals surface area contributed by atoms with Crippen molar-refractivity contribution in [3.63, 3.8) is 0 Å². The molecule has 7 heteroatoms. The number of methoxy groups -OCH3 is 2. The van der Waals surface area contributed by atoms with E-state index in [9.17, 15) is 4.79 Å². The summed E-state index contributed by atoms with van der Waals surface area (Å²) >= 11 is 0. The van der Waals surface area contributed by atoms with Crippen LogP contribution in [0.25, 0.3) is 22.3 Å². The average molecular weight is 431 g/mol. The molecule has 0 aliphatic carbocycles. The number of carbonyl (C=O) groups excluding carboxylic acids is 1. The van der Waals surface area contributed by atoms with Crippen molar-refractivity contribution in [1.82, 2.24) is 20.1 Å². The van der Waals surface area contributed by atoms with Crippen LogP contribution in [0.2, 0.25) is 0 Å². The lowest BCUT2D eigenvalue weighted by Gasteiger charge is -2.13. The maximum absolute atomic E-state index is 13.3. The van der Waals surface area contributed by atoms with Gasteiger partial charge in [0, 0.05) is 23.7 Å². The van der Waals surface area contributed by atoms with E-state index in [1.54, 1.807) is 20.4 Å². The molecule has 2 aromatic heterocycles. The standard InChI is InChI=1S/C25H26N4O3/c1-16(2)29-24-21(15-27-29)20(13-22(28-24)17-8-6-5-7-9-17)25(30)26-14-18-12-19(31-3)10-11-23(18)32-4/h5-13,15-16H,14H2,1-4H3,(H,26,30). The predicted octanol–water partition coefficient (Wildman–Crippen LogP) is 4.63. The maximum Gasteiger partial charge on any atom is 0.252 e. The Labute approximate surface area is 187 Å². The first-order chi connectivity index (χ1) is 15.5. The molecule has 2 heterocycles. The van der Waals surface area contributed by atoms with Crippen molar-refractivity contribution in [2.75, 3.05) is 14.2 Å². The summed E-state index contributed by atoms with van der Waals surface area (Å²) in [6.45, 7) is 4.37. The maximum atomic E-state index is 13.3. The summed E-state index contributed by atoms with van der Waals surface area (Å²) < 4.78 is 12.6. The Kier molecular flexibility index (Phi) is 6.07. The van der Waals surface area contributed by atoms with Gasteiger partial charge in [-0.25, -0.2) is 9.67 Å². The molecule has 0 spiro atoms. The van der Waals surface area contributed by atoms with E-state index in [2.05, 4.69) is 10.4 Å². The van der Waals surface area contributed by atoms with E-state index in [0.717, 1.165) is 16.8 Å². The number of rotatable bonds is 7. The van der Waals surface area contributed by atoms with E-state index in [-0.39, 0.29) is 11.9 Å². The van der Waals surface area contributed by atoms with Crippen molar-refractivity contribution in [2.45, 2.75) is 26.4 Å². The SMILES string of the molecule is COc1ccc(OC)c(CNC(=O)c2cc(-c3ccccc3)nc3c2cnn3C(C)C)c1. The van der Waals surface area contributed by atoms with Crippen LogP contribution >= 0.6 is 0 Å². The molecule has 4 aromatic rings. The number of hydrogen-bond donors (Lipinski definition) is 1. The largest absolute Gasteiger partial charge is 0.497 e. The smallest absolute Gasteiger partial charge is 0.252 e. The van der Waals surface area contributed by atoms with E-state index in [1.165, 1.54) is 0 Å². The zero-order valence-corrected chi connectivity index (χ0v) is 18.6. The molecule has 32 heavy (non-hydrogen) atoms. The summed E-state index contributed by atoms with van der Waals surface area (Å²) in [5.74, 6) is 1.18. The third-order valence-corrected chi connectivity index (χ3v) is 5.30. The van der Waals surface area contributed by atoms with Gasteiger partial charge >= 0.3 is 0 Å². The van der Waals surface area contributed by atoms with Gasteiger partial charge in [0.2, 0.25) is 0 Å². The highest BCUT2D eigenvalue weighted by molar-refractivity contribution is 6.06. The number of nitrogens with zero attached hydrogens (tertiary/aromatic N) is 3. The number of ether oxygens (including phenoxy) is 2. The first-order valence-electron chi connectivity index (χ1n) is 10.4. The molecule has 1 amide bonds. The Balaban J connectivity index is 1.72. The minimum absolute atomic E-state index is 0.114. The van der Waals surface area contributed by atoms with Crippen molar-refractivity contribution in [1.29, 1.82) is 0 Å². The Morgan fingerprint density at radius 2 is 1.84 bits per heavy atom. The molecule has 0 fully saturated rings. The van der Waals surface area contributed by atoms with Crippen LogP contribution in [-0.2, 0) is 6.54 Å². The highest BCUT2D eigenvalue weighted by Crippen LogP contribution is 2.27. The van der Waals surface area contributed by atoms with E-state index in [1.807, 2.05) is 73.1 Å². The fourth-order valence-electron chi connectivity index (χ4n) is 3.63. The normalized spacial score (nSPS) is 11.0. The van der Waals surface area contributed by atoms with E-state index >= 15 is 0 Å². The first-order valence-corrected chi connectivity index (χ1v) is 10.4. The summed E-state index contributed by atoms with van der Waals surface area (Å²) in [6, 6.07) is 17.3. The fraction of sp³-hybridized carbons (Fsp3) is 0.240. The topological polar surface area (TPSA) is 78.3 Å². The minimum atomic E-state index is -0.206. The summed E-state index contributed by atoms with van der Waals surface area (Å²) in [7, 11) is 3.21. The van der Waals surface area contributed by atoms with Crippen LogP contribution in [0.3, 0.4) is 0 Å². The third-order valence-electron chi connectivity index (χ3n) is 5.30. The van der Waals surface area contributed by atoms with Crippen molar-refractivity contribution < 1.29 is 14.3 Å².